The van der Waals surface area contributed by atoms with E-state index in [0.29, 0.717) is 18.4 Å². The molecule has 104 valence electrons. The molecule has 2 nitrogen and oxygen atoms in total. The number of nitrogens with one attached hydrogen (secondary N) is 1. The second kappa shape index (κ2) is 5.78. The Morgan fingerprint density at radius 1 is 0.950 bits per heavy atom. The van der Waals surface area contributed by atoms with Gasteiger partial charge in [-0.2, -0.15) is 0 Å². The average molecular weight is 267 g/mol. The van der Waals surface area contributed by atoms with Crippen LogP contribution in [-0.2, 0) is 0 Å². The molecule has 1 heterocycles. The maximum atomic E-state index is 9.96. The van der Waals surface area contributed by atoms with Gasteiger partial charge in [0.15, 0.2) is 0 Å². The molecule has 1 aliphatic rings. The number of hydrogen-bond donors (Lipinski definition) is 2. The van der Waals surface area contributed by atoms with Gasteiger partial charge in [0, 0.05) is 18.5 Å². The standard InChI is InChI=1S/C18H21NO/c1-13(18-16(20)12-19-18)17(14-8-4-2-5-9-14)15-10-6-3-7-11-15/h2-11,13,16-20H,12H2,1H3. The number of aliphatic hydroxyl groups is 1. The molecule has 0 radical (unpaired) electrons. The second-order valence-electron chi connectivity index (χ2n) is 5.66. The fourth-order valence-corrected chi connectivity index (χ4v) is 3.22. The fourth-order valence-electron chi connectivity index (χ4n) is 3.22. The van der Waals surface area contributed by atoms with Crippen LogP contribution in [0.3, 0.4) is 0 Å². The van der Waals surface area contributed by atoms with Crippen LogP contribution in [0.4, 0.5) is 0 Å². The SMILES string of the molecule is CC(C(c1ccccc1)c1ccccc1)C1NCC1O. The minimum atomic E-state index is -0.222. The van der Waals surface area contributed by atoms with Crippen molar-refractivity contribution in [1.82, 2.24) is 5.32 Å². The minimum Gasteiger partial charge on any atom is -0.390 e. The Morgan fingerprint density at radius 2 is 1.45 bits per heavy atom. The van der Waals surface area contributed by atoms with Gasteiger partial charge < -0.3 is 10.4 Å². The zero-order valence-electron chi connectivity index (χ0n) is 11.7. The summed E-state index contributed by atoms with van der Waals surface area (Å²) in [7, 11) is 0. The molecule has 20 heavy (non-hydrogen) atoms. The Hall–Kier alpha value is -1.64. The maximum absolute atomic E-state index is 9.96. The van der Waals surface area contributed by atoms with E-state index >= 15 is 0 Å². The summed E-state index contributed by atoms with van der Waals surface area (Å²) in [6.07, 6.45) is -0.222. The zero-order chi connectivity index (χ0) is 13.9. The Balaban J connectivity index is 1.96. The summed E-state index contributed by atoms with van der Waals surface area (Å²) in [5.74, 6) is 0.661. The van der Waals surface area contributed by atoms with Crippen molar-refractivity contribution in [2.24, 2.45) is 5.92 Å². The highest BCUT2D eigenvalue weighted by molar-refractivity contribution is 5.34. The predicted molar refractivity (Wildman–Crippen MR) is 81.7 cm³/mol. The van der Waals surface area contributed by atoms with Gasteiger partial charge >= 0.3 is 0 Å². The van der Waals surface area contributed by atoms with Gasteiger partial charge in [-0.1, -0.05) is 67.6 Å². The first-order chi connectivity index (χ1) is 9.77. The third kappa shape index (κ3) is 2.49. The van der Waals surface area contributed by atoms with Crippen molar-refractivity contribution >= 4 is 0 Å². The van der Waals surface area contributed by atoms with Crippen LogP contribution in [-0.4, -0.2) is 23.8 Å². The summed E-state index contributed by atoms with van der Waals surface area (Å²) < 4.78 is 0. The number of hydrogen-bond acceptors (Lipinski definition) is 2. The smallest absolute Gasteiger partial charge is 0.0820 e. The Kier molecular flexibility index (Phi) is 3.86. The van der Waals surface area contributed by atoms with E-state index in [1.807, 2.05) is 12.1 Å². The molecule has 1 fully saturated rings. The average Bonchev–Trinajstić information content (AvgIpc) is 2.48. The van der Waals surface area contributed by atoms with E-state index in [1.165, 1.54) is 11.1 Å². The lowest BCUT2D eigenvalue weighted by Crippen LogP contribution is -2.61. The first kappa shape index (κ1) is 13.3. The fraction of sp³-hybridized carbons (Fsp3) is 0.333. The van der Waals surface area contributed by atoms with Gasteiger partial charge in [-0.15, -0.1) is 0 Å². The Bertz CT molecular complexity index is 500. The van der Waals surface area contributed by atoms with Crippen LogP contribution in [0.15, 0.2) is 60.7 Å². The summed E-state index contributed by atoms with van der Waals surface area (Å²) in [6, 6.07) is 21.3. The summed E-state index contributed by atoms with van der Waals surface area (Å²) in [5.41, 5.74) is 2.62. The van der Waals surface area contributed by atoms with Crippen LogP contribution in [0.2, 0.25) is 0 Å². The molecular formula is C18H21NO. The van der Waals surface area contributed by atoms with Crippen molar-refractivity contribution in [3.63, 3.8) is 0 Å². The highest BCUT2D eigenvalue weighted by atomic mass is 16.3. The molecule has 1 saturated heterocycles. The zero-order valence-corrected chi connectivity index (χ0v) is 11.7. The predicted octanol–water partition coefficient (Wildman–Crippen LogP) is 2.79. The number of benzene rings is 2. The summed E-state index contributed by atoms with van der Waals surface area (Å²) in [5, 5.41) is 13.3. The van der Waals surface area contributed by atoms with Crippen LogP contribution < -0.4 is 5.32 Å². The van der Waals surface area contributed by atoms with E-state index in [4.69, 9.17) is 0 Å². The molecule has 0 aliphatic carbocycles. The molecule has 0 bridgehead atoms. The first-order valence-corrected chi connectivity index (χ1v) is 7.28. The van der Waals surface area contributed by atoms with Crippen LogP contribution >= 0.6 is 0 Å². The molecule has 2 heteroatoms. The Labute approximate surface area is 120 Å². The van der Waals surface area contributed by atoms with Crippen molar-refractivity contribution < 1.29 is 5.11 Å². The van der Waals surface area contributed by atoms with Crippen LogP contribution in [0.25, 0.3) is 0 Å². The van der Waals surface area contributed by atoms with Crippen molar-refractivity contribution in [2.45, 2.75) is 25.0 Å². The molecule has 2 aromatic carbocycles. The van der Waals surface area contributed by atoms with E-state index in [9.17, 15) is 5.11 Å². The third-order valence-electron chi connectivity index (χ3n) is 4.39. The van der Waals surface area contributed by atoms with Crippen molar-refractivity contribution in [1.29, 1.82) is 0 Å². The summed E-state index contributed by atoms with van der Waals surface area (Å²) in [4.78, 5) is 0. The number of aliphatic hydroxyl groups excluding tert-OH is 1. The highest BCUT2D eigenvalue weighted by Crippen LogP contribution is 2.35. The van der Waals surface area contributed by atoms with Crippen LogP contribution in [0, 0.1) is 5.92 Å². The van der Waals surface area contributed by atoms with Crippen molar-refractivity contribution in [3.05, 3.63) is 71.8 Å². The van der Waals surface area contributed by atoms with Crippen molar-refractivity contribution in [2.75, 3.05) is 6.54 Å². The van der Waals surface area contributed by atoms with Crippen molar-refractivity contribution in [3.8, 4) is 0 Å². The molecule has 0 spiro atoms. The molecule has 2 N–H and O–H groups in total. The van der Waals surface area contributed by atoms with E-state index in [1.54, 1.807) is 0 Å². The quantitative estimate of drug-likeness (QED) is 0.893. The van der Waals surface area contributed by atoms with Gasteiger partial charge in [-0.25, -0.2) is 0 Å². The molecule has 3 rings (SSSR count). The molecular weight excluding hydrogens is 246 g/mol. The van der Waals surface area contributed by atoms with Gasteiger partial charge in [0.05, 0.1) is 6.10 Å². The molecule has 3 atom stereocenters. The third-order valence-corrected chi connectivity index (χ3v) is 4.39. The van der Waals surface area contributed by atoms with E-state index in [-0.39, 0.29) is 12.1 Å². The van der Waals surface area contributed by atoms with Crippen LogP contribution in [0.1, 0.15) is 24.0 Å². The number of rotatable bonds is 4. The maximum Gasteiger partial charge on any atom is 0.0820 e. The minimum absolute atomic E-state index is 0.181. The molecule has 0 saturated carbocycles. The van der Waals surface area contributed by atoms with E-state index < -0.39 is 0 Å². The second-order valence-corrected chi connectivity index (χ2v) is 5.66. The van der Waals surface area contributed by atoms with Gasteiger partial charge in [0.25, 0.3) is 0 Å². The monoisotopic (exact) mass is 267 g/mol. The van der Waals surface area contributed by atoms with Gasteiger partial charge in [-0.3, -0.25) is 0 Å². The Morgan fingerprint density at radius 3 is 1.80 bits per heavy atom. The van der Waals surface area contributed by atoms with E-state index in [2.05, 4.69) is 60.8 Å². The summed E-state index contributed by atoms with van der Waals surface area (Å²) in [6.45, 7) is 2.94. The molecule has 2 aromatic rings. The highest BCUT2D eigenvalue weighted by Gasteiger charge is 2.37. The van der Waals surface area contributed by atoms with Crippen LogP contribution in [0.5, 0.6) is 0 Å². The van der Waals surface area contributed by atoms with Gasteiger partial charge in [0.1, 0.15) is 0 Å². The first-order valence-electron chi connectivity index (χ1n) is 7.28. The molecule has 3 unspecified atom stereocenters. The largest absolute Gasteiger partial charge is 0.390 e. The van der Waals surface area contributed by atoms with E-state index in [0.717, 1.165) is 0 Å². The topological polar surface area (TPSA) is 32.3 Å². The lowest BCUT2D eigenvalue weighted by Gasteiger charge is -2.42. The lowest BCUT2D eigenvalue weighted by atomic mass is 9.74. The molecule has 0 amide bonds. The molecule has 1 aliphatic heterocycles. The molecule has 0 aromatic heterocycles. The lowest BCUT2D eigenvalue weighted by molar-refractivity contribution is 0.0310. The normalized spacial score (nSPS) is 23.4. The number of β-amino-alcohol motifs (C(OH)–C–C–N with tert-alkyl or cyclic N) is 1. The van der Waals surface area contributed by atoms with Gasteiger partial charge in [-0.05, 0) is 17.0 Å². The summed E-state index contributed by atoms with van der Waals surface area (Å²) >= 11 is 0. The van der Waals surface area contributed by atoms with Gasteiger partial charge in [0.2, 0.25) is 0 Å².